The van der Waals surface area contributed by atoms with Crippen molar-refractivity contribution < 1.29 is 14.3 Å². The Hall–Kier alpha value is -1.10. The minimum Gasteiger partial charge on any atom is -0.507 e. The molecule has 0 saturated heterocycles. The maximum Gasteiger partial charge on any atom is 0.257 e. The van der Waals surface area contributed by atoms with Gasteiger partial charge in [-0.3, -0.25) is 4.79 Å². The summed E-state index contributed by atoms with van der Waals surface area (Å²) >= 11 is 3.29. The van der Waals surface area contributed by atoms with Gasteiger partial charge in [-0.25, -0.2) is 4.39 Å². The van der Waals surface area contributed by atoms with E-state index in [-0.39, 0.29) is 17.2 Å². The lowest BCUT2D eigenvalue weighted by Gasteiger charge is -2.22. The lowest BCUT2D eigenvalue weighted by molar-refractivity contribution is 0.0760. The topological polar surface area (TPSA) is 40.5 Å². The summed E-state index contributed by atoms with van der Waals surface area (Å²) in [5, 5.41) is 10.3. The molecule has 1 amide bonds. The molecule has 5 heteroatoms. The van der Waals surface area contributed by atoms with Gasteiger partial charge in [0.25, 0.3) is 5.91 Å². The number of carbonyl (C=O) groups is 1. The summed E-state index contributed by atoms with van der Waals surface area (Å²) in [7, 11) is 0. The molecule has 0 aliphatic rings. The van der Waals surface area contributed by atoms with E-state index in [4.69, 9.17) is 0 Å². The molecule has 0 fully saturated rings. The highest BCUT2D eigenvalue weighted by molar-refractivity contribution is 9.09. The van der Waals surface area contributed by atoms with Crippen molar-refractivity contribution in [2.45, 2.75) is 19.8 Å². The quantitative estimate of drug-likeness (QED) is 0.819. The second-order valence-corrected chi connectivity index (χ2v) is 4.79. The highest BCUT2D eigenvalue weighted by atomic mass is 79.9. The maximum absolute atomic E-state index is 13.1. The molecule has 1 aromatic rings. The van der Waals surface area contributed by atoms with E-state index >= 15 is 0 Å². The highest BCUT2D eigenvalue weighted by Gasteiger charge is 2.18. The molecule has 0 radical (unpaired) electrons. The maximum atomic E-state index is 13.1. The molecule has 0 heterocycles. The van der Waals surface area contributed by atoms with Crippen LogP contribution in [0.25, 0.3) is 0 Å². The average molecular weight is 318 g/mol. The van der Waals surface area contributed by atoms with Crippen LogP contribution in [0.1, 0.15) is 30.1 Å². The first-order valence-corrected chi connectivity index (χ1v) is 7.06. The third kappa shape index (κ3) is 3.98. The van der Waals surface area contributed by atoms with Gasteiger partial charge in [0, 0.05) is 18.4 Å². The summed E-state index contributed by atoms with van der Waals surface area (Å²) < 4.78 is 13.1. The number of phenols is 1. The number of hydrogen-bond acceptors (Lipinski definition) is 2. The number of benzene rings is 1. The van der Waals surface area contributed by atoms with Crippen LogP contribution < -0.4 is 0 Å². The minimum absolute atomic E-state index is 0.0204. The molecule has 18 heavy (non-hydrogen) atoms. The van der Waals surface area contributed by atoms with Crippen LogP contribution in [0.15, 0.2) is 18.2 Å². The van der Waals surface area contributed by atoms with Gasteiger partial charge in [0.2, 0.25) is 0 Å². The average Bonchev–Trinajstić information content (AvgIpc) is 2.36. The molecule has 3 nitrogen and oxygen atoms in total. The number of rotatable bonds is 6. The van der Waals surface area contributed by atoms with Crippen molar-refractivity contribution in [2.75, 3.05) is 18.4 Å². The molecular formula is C13H17BrFNO2. The van der Waals surface area contributed by atoms with Gasteiger partial charge in [0.05, 0.1) is 5.56 Å². The van der Waals surface area contributed by atoms with Crippen molar-refractivity contribution >= 4 is 21.8 Å². The normalized spacial score (nSPS) is 10.4. The first-order chi connectivity index (χ1) is 8.60. The molecule has 1 rings (SSSR count). The van der Waals surface area contributed by atoms with Crippen molar-refractivity contribution in [3.05, 3.63) is 29.6 Å². The van der Waals surface area contributed by atoms with Gasteiger partial charge in [0.1, 0.15) is 11.6 Å². The fourth-order valence-electron chi connectivity index (χ4n) is 1.62. The lowest BCUT2D eigenvalue weighted by atomic mass is 10.1. The molecule has 0 aliphatic heterocycles. The Balaban J connectivity index is 2.90. The van der Waals surface area contributed by atoms with Gasteiger partial charge in [-0.15, -0.1) is 0 Å². The molecule has 0 spiro atoms. The lowest BCUT2D eigenvalue weighted by Crippen LogP contribution is -2.33. The zero-order chi connectivity index (χ0) is 13.5. The van der Waals surface area contributed by atoms with Gasteiger partial charge in [-0.05, 0) is 24.6 Å². The smallest absolute Gasteiger partial charge is 0.257 e. The summed E-state index contributed by atoms with van der Waals surface area (Å²) in [4.78, 5) is 13.8. The number of unbranched alkanes of at least 4 members (excludes halogenated alkanes) is 1. The van der Waals surface area contributed by atoms with Crippen LogP contribution in [0.3, 0.4) is 0 Å². The molecule has 0 aromatic heterocycles. The Kier molecular flexibility index (Phi) is 6.12. The van der Waals surface area contributed by atoms with Crippen molar-refractivity contribution in [1.29, 1.82) is 0 Å². The number of phenolic OH excluding ortho intramolecular Hbond substituents is 1. The molecule has 100 valence electrons. The summed E-state index contributed by atoms with van der Waals surface area (Å²) in [5.74, 6) is -1.04. The zero-order valence-electron chi connectivity index (χ0n) is 10.3. The summed E-state index contributed by atoms with van der Waals surface area (Å²) in [6.07, 6.45) is 1.86. The van der Waals surface area contributed by atoms with Gasteiger partial charge >= 0.3 is 0 Å². The summed E-state index contributed by atoms with van der Waals surface area (Å²) in [6, 6.07) is 3.41. The van der Waals surface area contributed by atoms with Crippen molar-refractivity contribution in [2.24, 2.45) is 0 Å². The van der Waals surface area contributed by atoms with E-state index in [0.29, 0.717) is 18.4 Å². The van der Waals surface area contributed by atoms with Crippen LogP contribution in [0.4, 0.5) is 4.39 Å². The van der Waals surface area contributed by atoms with Gasteiger partial charge < -0.3 is 10.0 Å². The van der Waals surface area contributed by atoms with Gasteiger partial charge in [-0.2, -0.15) is 0 Å². The molecule has 1 aromatic carbocycles. The Labute approximate surface area is 115 Å². The van der Waals surface area contributed by atoms with Crippen LogP contribution >= 0.6 is 15.9 Å². The Bertz CT molecular complexity index is 412. The highest BCUT2D eigenvalue weighted by Crippen LogP contribution is 2.20. The number of halogens is 2. The van der Waals surface area contributed by atoms with Crippen LogP contribution in [0.2, 0.25) is 0 Å². The van der Waals surface area contributed by atoms with E-state index in [1.54, 1.807) is 4.90 Å². The van der Waals surface area contributed by atoms with E-state index in [1.165, 1.54) is 6.07 Å². The van der Waals surface area contributed by atoms with E-state index < -0.39 is 5.82 Å². The third-order valence-corrected chi connectivity index (χ3v) is 2.97. The second kappa shape index (κ2) is 7.36. The monoisotopic (exact) mass is 317 g/mol. The SMILES string of the molecule is CCCCN(CCBr)C(=O)c1cc(F)ccc1O. The first-order valence-electron chi connectivity index (χ1n) is 5.94. The number of nitrogens with zero attached hydrogens (tertiary/aromatic N) is 1. The summed E-state index contributed by atoms with van der Waals surface area (Å²) in [5.41, 5.74) is 0.0204. The van der Waals surface area contributed by atoms with Gasteiger partial charge in [-0.1, -0.05) is 29.3 Å². The Morgan fingerprint density at radius 2 is 2.17 bits per heavy atom. The largest absolute Gasteiger partial charge is 0.507 e. The number of hydrogen-bond donors (Lipinski definition) is 1. The Morgan fingerprint density at radius 1 is 1.44 bits per heavy atom. The van der Waals surface area contributed by atoms with E-state index in [9.17, 15) is 14.3 Å². The molecule has 0 saturated carbocycles. The van der Waals surface area contributed by atoms with Crippen molar-refractivity contribution in [3.63, 3.8) is 0 Å². The molecule has 0 atom stereocenters. The zero-order valence-corrected chi connectivity index (χ0v) is 11.9. The minimum atomic E-state index is -0.523. The molecule has 0 unspecified atom stereocenters. The van der Waals surface area contributed by atoms with Crippen LogP contribution in [0.5, 0.6) is 5.75 Å². The molecule has 0 aliphatic carbocycles. The van der Waals surface area contributed by atoms with E-state index in [1.807, 2.05) is 6.92 Å². The predicted octanol–water partition coefficient (Wildman–Crippen LogP) is 3.17. The molecule has 0 bridgehead atoms. The van der Waals surface area contributed by atoms with E-state index in [0.717, 1.165) is 25.0 Å². The predicted molar refractivity (Wildman–Crippen MR) is 72.7 cm³/mol. The first kappa shape index (κ1) is 15.0. The number of amides is 1. The standard InChI is InChI=1S/C13H17BrFNO2/c1-2-3-7-16(8-6-14)13(18)11-9-10(15)4-5-12(11)17/h4-5,9,17H,2-3,6-8H2,1H3. The Morgan fingerprint density at radius 3 is 2.78 bits per heavy atom. The number of alkyl halides is 1. The van der Waals surface area contributed by atoms with Gasteiger partial charge in [0.15, 0.2) is 0 Å². The van der Waals surface area contributed by atoms with Crippen LogP contribution in [-0.4, -0.2) is 34.3 Å². The fourth-order valence-corrected chi connectivity index (χ4v) is 2.04. The van der Waals surface area contributed by atoms with Crippen molar-refractivity contribution in [1.82, 2.24) is 4.90 Å². The number of carbonyl (C=O) groups excluding carboxylic acids is 1. The van der Waals surface area contributed by atoms with Crippen molar-refractivity contribution in [3.8, 4) is 5.75 Å². The summed E-state index contributed by atoms with van der Waals surface area (Å²) in [6.45, 7) is 3.18. The molecular weight excluding hydrogens is 301 g/mol. The van der Waals surface area contributed by atoms with E-state index in [2.05, 4.69) is 15.9 Å². The van der Waals surface area contributed by atoms with Crippen LogP contribution in [-0.2, 0) is 0 Å². The fraction of sp³-hybridized carbons (Fsp3) is 0.462. The second-order valence-electron chi connectivity index (χ2n) is 4.00. The molecule has 1 N–H and O–H groups in total. The number of aromatic hydroxyl groups is 1. The third-order valence-electron chi connectivity index (χ3n) is 2.61. The van der Waals surface area contributed by atoms with Crippen LogP contribution in [0, 0.1) is 5.82 Å².